The highest BCUT2D eigenvalue weighted by Crippen LogP contribution is 2.16. The van der Waals surface area contributed by atoms with Gasteiger partial charge in [0.2, 0.25) is 5.91 Å². The van der Waals surface area contributed by atoms with Crippen molar-refractivity contribution in [3.63, 3.8) is 0 Å². The van der Waals surface area contributed by atoms with Crippen LogP contribution in [0.4, 0.5) is 5.69 Å². The molecule has 0 atom stereocenters. The predicted octanol–water partition coefficient (Wildman–Crippen LogP) is 5.17. The average molecular weight is 330 g/mol. The smallest absolute Gasteiger partial charge is 0.248 e. The van der Waals surface area contributed by atoms with Gasteiger partial charge in [-0.3, -0.25) is 4.79 Å². The Labute approximate surface area is 141 Å². The van der Waals surface area contributed by atoms with Gasteiger partial charge >= 0.3 is 0 Å². The van der Waals surface area contributed by atoms with Crippen molar-refractivity contribution in [2.75, 3.05) is 11.9 Å². The van der Waals surface area contributed by atoms with Gasteiger partial charge in [-0.05, 0) is 48.4 Å². The highest BCUT2D eigenvalue weighted by atomic mass is 35.5. The second-order valence-corrected chi connectivity index (χ2v) is 5.54. The number of carbonyl (C=O) groups excluding carboxylic acids is 1. The Hall–Kier alpha value is -2.26. The summed E-state index contributed by atoms with van der Waals surface area (Å²) < 4.78 is 5.60. The number of nitrogens with one attached hydrogen (secondary N) is 1. The lowest BCUT2D eigenvalue weighted by atomic mass is 10.2. The Morgan fingerprint density at radius 1 is 1.22 bits per heavy atom. The largest absolute Gasteiger partial charge is 0.494 e. The number of hydrogen-bond acceptors (Lipinski definition) is 2. The van der Waals surface area contributed by atoms with Gasteiger partial charge in [0.05, 0.1) is 6.61 Å². The normalized spacial score (nSPS) is 10.7. The lowest BCUT2D eigenvalue weighted by Crippen LogP contribution is -2.07. The van der Waals surface area contributed by atoms with Crippen LogP contribution >= 0.6 is 11.6 Å². The summed E-state index contributed by atoms with van der Waals surface area (Å²) in [7, 11) is 0. The highest BCUT2D eigenvalue weighted by Gasteiger charge is 1.99. The number of carbonyl (C=O) groups is 1. The third-order valence-corrected chi connectivity index (χ3v) is 3.40. The molecule has 2 aromatic rings. The molecule has 120 valence electrons. The van der Waals surface area contributed by atoms with Crippen molar-refractivity contribution in [1.29, 1.82) is 0 Å². The Balaban J connectivity index is 1.88. The van der Waals surface area contributed by atoms with Crippen LogP contribution in [0.3, 0.4) is 0 Å². The lowest BCUT2D eigenvalue weighted by molar-refractivity contribution is -0.111. The quantitative estimate of drug-likeness (QED) is 0.562. The van der Waals surface area contributed by atoms with Crippen LogP contribution in [-0.2, 0) is 4.79 Å². The van der Waals surface area contributed by atoms with E-state index in [1.165, 1.54) is 6.08 Å². The van der Waals surface area contributed by atoms with Crippen LogP contribution in [0.2, 0.25) is 5.02 Å². The first-order chi connectivity index (χ1) is 11.2. The van der Waals surface area contributed by atoms with Crippen molar-refractivity contribution in [1.82, 2.24) is 0 Å². The standard InChI is InChI=1S/C19H20ClNO2/c1-2-3-13-23-18-10-7-15(8-11-18)9-12-19(22)21-17-6-4-5-16(20)14-17/h4-12,14H,2-3,13H2,1H3,(H,21,22)/b12-9+. The molecule has 0 unspecified atom stereocenters. The number of hydrogen-bond donors (Lipinski definition) is 1. The number of ether oxygens (including phenoxy) is 1. The molecule has 0 aliphatic rings. The van der Waals surface area contributed by atoms with E-state index in [9.17, 15) is 4.79 Å². The summed E-state index contributed by atoms with van der Waals surface area (Å²) >= 11 is 5.88. The summed E-state index contributed by atoms with van der Waals surface area (Å²) in [5.74, 6) is 0.648. The fraction of sp³-hybridized carbons (Fsp3) is 0.211. The maximum absolute atomic E-state index is 11.9. The van der Waals surface area contributed by atoms with Gasteiger partial charge in [0.25, 0.3) is 0 Å². The van der Waals surface area contributed by atoms with Crippen LogP contribution in [0, 0.1) is 0 Å². The SMILES string of the molecule is CCCCOc1ccc(/C=C/C(=O)Nc2cccc(Cl)c2)cc1. The predicted molar refractivity (Wildman–Crippen MR) is 96.0 cm³/mol. The van der Waals surface area contributed by atoms with Crippen molar-refractivity contribution in [2.24, 2.45) is 0 Å². The fourth-order valence-corrected chi connectivity index (χ4v) is 2.12. The third kappa shape index (κ3) is 6.17. The Morgan fingerprint density at radius 3 is 2.70 bits per heavy atom. The van der Waals surface area contributed by atoms with Gasteiger partial charge in [0.1, 0.15) is 5.75 Å². The molecule has 1 amide bonds. The van der Waals surface area contributed by atoms with Crippen LogP contribution in [0.1, 0.15) is 25.3 Å². The molecule has 3 nitrogen and oxygen atoms in total. The topological polar surface area (TPSA) is 38.3 Å². The van der Waals surface area contributed by atoms with E-state index in [1.807, 2.05) is 24.3 Å². The number of halogens is 1. The first kappa shape index (κ1) is 17.1. The molecular weight excluding hydrogens is 310 g/mol. The molecule has 0 saturated heterocycles. The van der Waals surface area contributed by atoms with E-state index >= 15 is 0 Å². The van der Waals surface area contributed by atoms with Gasteiger partial charge in [0, 0.05) is 16.8 Å². The molecule has 0 radical (unpaired) electrons. The first-order valence-electron chi connectivity index (χ1n) is 7.65. The molecular formula is C19H20ClNO2. The van der Waals surface area contributed by atoms with Gasteiger partial charge in [-0.15, -0.1) is 0 Å². The van der Waals surface area contributed by atoms with Crippen molar-refractivity contribution >= 4 is 29.3 Å². The van der Waals surface area contributed by atoms with Gasteiger partial charge in [0.15, 0.2) is 0 Å². The lowest BCUT2D eigenvalue weighted by Gasteiger charge is -2.05. The van der Waals surface area contributed by atoms with Crippen LogP contribution in [-0.4, -0.2) is 12.5 Å². The van der Waals surface area contributed by atoms with Crippen LogP contribution in [0.5, 0.6) is 5.75 Å². The number of anilines is 1. The van der Waals surface area contributed by atoms with E-state index in [4.69, 9.17) is 16.3 Å². The molecule has 0 heterocycles. The summed E-state index contributed by atoms with van der Waals surface area (Å²) in [4.78, 5) is 11.9. The van der Waals surface area contributed by atoms with E-state index in [0.717, 1.165) is 30.8 Å². The first-order valence-corrected chi connectivity index (χ1v) is 8.02. The summed E-state index contributed by atoms with van der Waals surface area (Å²) in [6.07, 6.45) is 5.41. The van der Waals surface area contributed by atoms with E-state index in [0.29, 0.717) is 10.7 Å². The number of rotatable bonds is 7. The molecule has 0 aromatic heterocycles. The van der Waals surface area contributed by atoms with Gasteiger partial charge in [-0.25, -0.2) is 0 Å². The zero-order valence-electron chi connectivity index (χ0n) is 13.1. The van der Waals surface area contributed by atoms with Gasteiger partial charge < -0.3 is 10.1 Å². The van der Waals surface area contributed by atoms with Crippen molar-refractivity contribution in [3.8, 4) is 5.75 Å². The minimum Gasteiger partial charge on any atom is -0.494 e. The van der Waals surface area contributed by atoms with Crippen molar-refractivity contribution in [2.45, 2.75) is 19.8 Å². The van der Waals surface area contributed by atoms with Crippen LogP contribution < -0.4 is 10.1 Å². The maximum Gasteiger partial charge on any atom is 0.248 e. The molecule has 1 N–H and O–H groups in total. The zero-order valence-corrected chi connectivity index (χ0v) is 13.8. The molecule has 0 bridgehead atoms. The fourth-order valence-electron chi connectivity index (χ4n) is 1.93. The van der Waals surface area contributed by atoms with E-state index in [2.05, 4.69) is 12.2 Å². The Bertz CT molecular complexity index is 665. The number of benzene rings is 2. The molecule has 23 heavy (non-hydrogen) atoms. The third-order valence-electron chi connectivity index (χ3n) is 3.17. The Kier molecular flexibility index (Phi) is 6.70. The molecule has 0 fully saturated rings. The second-order valence-electron chi connectivity index (χ2n) is 5.10. The van der Waals surface area contributed by atoms with Crippen LogP contribution in [0.25, 0.3) is 6.08 Å². The molecule has 0 spiro atoms. The van der Waals surface area contributed by atoms with Crippen molar-refractivity contribution in [3.05, 3.63) is 65.2 Å². The molecule has 0 aliphatic heterocycles. The summed E-state index contributed by atoms with van der Waals surface area (Å²) in [6, 6.07) is 14.7. The van der Waals surface area contributed by atoms with Gasteiger partial charge in [-0.1, -0.05) is 43.1 Å². The summed E-state index contributed by atoms with van der Waals surface area (Å²) in [5.41, 5.74) is 1.61. The molecule has 4 heteroatoms. The maximum atomic E-state index is 11.9. The zero-order chi connectivity index (χ0) is 16.5. The monoisotopic (exact) mass is 329 g/mol. The number of amides is 1. The van der Waals surface area contributed by atoms with E-state index in [-0.39, 0.29) is 5.91 Å². The van der Waals surface area contributed by atoms with Gasteiger partial charge in [-0.2, -0.15) is 0 Å². The minimum atomic E-state index is -0.199. The molecule has 0 aliphatic carbocycles. The molecule has 2 aromatic carbocycles. The minimum absolute atomic E-state index is 0.199. The molecule has 0 saturated carbocycles. The average Bonchev–Trinajstić information content (AvgIpc) is 2.54. The highest BCUT2D eigenvalue weighted by molar-refractivity contribution is 6.30. The van der Waals surface area contributed by atoms with E-state index < -0.39 is 0 Å². The van der Waals surface area contributed by atoms with Crippen molar-refractivity contribution < 1.29 is 9.53 Å². The number of unbranched alkanes of at least 4 members (excludes halogenated alkanes) is 1. The van der Waals surface area contributed by atoms with Crippen LogP contribution in [0.15, 0.2) is 54.6 Å². The second kappa shape index (κ2) is 9.01. The summed E-state index contributed by atoms with van der Waals surface area (Å²) in [6.45, 7) is 2.86. The van der Waals surface area contributed by atoms with E-state index in [1.54, 1.807) is 30.3 Å². The molecule has 2 rings (SSSR count). The Morgan fingerprint density at radius 2 is 2.00 bits per heavy atom. The summed E-state index contributed by atoms with van der Waals surface area (Å²) in [5, 5.41) is 3.35.